The van der Waals surface area contributed by atoms with Gasteiger partial charge in [-0.1, -0.05) is 11.8 Å². The first kappa shape index (κ1) is 11.5. The molecule has 0 spiro atoms. The van der Waals surface area contributed by atoms with E-state index in [2.05, 4.69) is 16.8 Å². The molecule has 2 nitrogen and oxygen atoms in total. The van der Waals surface area contributed by atoms with Gasteiger partial charge in [0.2, 0.25) is 0 Å². The Labute approximate surface area is 85.3 Å². The van der Waals surface area contributed by atoms with Gasteiger partial charge in [0, 0.05) is 12.4 Å². The molecule has 0 bridgehead atoms. The van der Waals surface area contributed by atoms with E-state index < -0.39 is 17.8 Å². The molecular weight excluding hydrogens is 205 g/mol. The first-order valence-corrected chi connectivity index (χ1v) is 4.19. The number of aromatic nitrogens is 1. The summed E-state index contributed by atoms with van der Waals surface area (Å²) < 4.78 is 37.3. The fourth-order valence-corrected chi connectivity index (χ4v) is 0.933. The number of hydrogen-bond donors (Lipinski definition) is 1. The molecule has 0 aromatic carbocycles. The molecule has 0 amide bonds. The SMILES string of the molecule is CC(N)C#Cc1cnccc1C(F)(F)F. The Morgan fingerprint density at radius 2 is 2.13 bits per heavy atom. The van der Waals surface area contributed by atoms with Crippen LogP contribution >= 0.6 is 0 Å². The highest BCUT2D eigenvalue weighted by molar-refractivity contribution is 5.41. The van der Waals surface area contributed by atoms with Crippen LogP contribution in [0.4, 0.5) is 13.2 Å². The molecule has 0 aliphatic rings. The molecular formula is C10H9F3N2. The topological polar surface area (TPSA) is 38.9 Å². The third-order valence-corrected chi connectivity index (χ3v) is 1.56. The van der Waals surface area contributed by atoms with E-state index in [4.69, 9.17) is 5.73 Å². The van der Waals surface area contributed by atoms with Gasteiger partial charge >= 0.3 is 6.18 Å². The van der Waals surface area contributed by atoms with E-state index in [0.717, 1.165) is 18.5 Å². The van der Waals surface area contributed by atoms with Crippen molar-refractivity contribution in [3.05, 3.63) is 29.6 Å². The fraction of sp³-hybridized carbons (Fsp3) is 0.300. The highest BCUT2D eigenvalue weighted by atomic mass is 19.4. The highest BCUT2D eigenvalue weighted by Crippen LogP contribution is 2.30. The number of alkyl halides is 3. The molecule has 0 saturated carbocycles. The first-order chi connectivity index (χ1) is 6.91. The van der Waals surface area contributed by atoms with Crippen molar-refractivity contribution in [2.24, 2.45) is 5.73 Å². The van der Waals surface area contributed by atoms with Crippen molar-refractivity contribution in [1.29, 1.82) is 0 Å². The van der Waals surface area contributed by atoms with Gasteiger partial charge in [-0.25, -0.2) is 0 Å². The lowest BCUT2D eigenvalue weighted by atomic mass is 10.1. The van der Waals surface area contributed by atoms with Crippen molar-refractivity contribution in [3.63, 3.8) is 0 Å². The second kappa shape index (κ2) is 4.32. The highest BCUT2D eigenvalue weighted by Gasteiger charge is 2.32. The maximum atomic E-state index is 12.4. The molecule has 80 valence electrons. The Morgan fingerprint density at radius 3 is 2.67 bits per heavy atom. The molecule has 15 heavy (non-hydrogen) atoms. The molecule has 1 aromatic rings. The Bertz CT molecular complexity index is 399. The van der Waals surface area contributed by atoms with E-state index in [1.54, 1.807) is 6.92 Å². The average molecular weight is 214 g/mol. The van der Waals surface area contributed by atoms with Gasteiger partial charge in [0.25, 0.3) is 0 Å². The first-order valence-electron chi connectivity index (χ1n) is 4.19. The number of nitrogens with two attached hydrogens (primary N) is 1. The van der Waals surface area contributed by atoms with E-state index in [-0.39, 0.29) is 5.56 Å². The van der Waals surface area contributed by atoms with Gasteiger partial charge in [-0.05, 0) is 13.0 Å². The molecule has 0 radical (unpaired) electrons. The van der Waals surface area contributed by atoms with Crippen LogP contribution in [0, 0.1) is 11.8 Å². The monoisotopic (exact) mass is 214 g/mol. The molecule has 5 heteroatoms. The summed E-state index contributed by atoms with van der Waals surface area (Å²) in [5.41, 5.74) is 4.39. The summed E-state index contributed by atoms with van der Waals surface area (Å²) in [6.45, 7) is 1.59. The van der Waals surface area contributed by atoms with Gasteiger partial charge in [-0.3, -0.25) is 4.98 Å². The van der Waals surface area contributed by atoms with Gasteiger partial charge in [-0.2, -0.15) is 13.2 Å². The van der Waals surface area contributed by atoms with Gasteiger partial charge in [-0.15, -0.1) is 0 Å². The lowest BCUT2D eigenvalue weighted by Crippen LogP contribution is -2.12. The number of hydrogen-bond acceptors (Lipinski definition) is 2. The van der Waals surface area contributed by atoms with Crippen LogP contribution < -0.4 is 5.73 Å². The van der Waals surface area contributed by atoms with Crippen molar-refractivity contribution in [3.8, 4) is 11.8 Å². The number of halogens is 3. The summed E-state index contributed by atoms with van der Waals surface area (Å²) in [5.74, 6) is 4.82. The molecule has 0 fully saturated rings. The van der Waals surface area contributed by atoms with Crippen molar-refractivity contribution in [2.45, 2.75) is 19.1 Å². The maximum absolute atomic E-state index is 12.4. The van der Waals surface area contributed by atoms with Gasteiger partial charge in [0.05, 0.1) is 17.2 Å². The Hall–Kier alpha value is -1.54. The maximum Gasteiger partial charge on any atom is 0.417 e. The van der Waals surface area contributed by atoms with E-state index in [0.29, 0.717) is 0 Å². The van der Waals surface area contributed by atoms with Gasteiger partial charge in [0.15, 0.2) is 0 Å². The molecule has 0 aliphatic carbocycles. The quantitative estimate of drug-likeness (QED) is 0.669. The number of pyridine rings is 1. The van der Waals surface area contributed by atoms with Gasteiger partial charge in [0.1, 0.15) is 0 Å². The molecule has 1 unspecified atom stereocenters. The molecule has 1 aromatic heterocycles. The van der Waals surface area contributed by atoms with Crippen molar-refractivity contribution in [2.75, 3.05) is 0 Å². The zero-order valence-corrected chi connectivity index (χ0v) is 7.97. The summed E-state index contributed by atoms with van der Waals surface area (Å²) in [6, 6.07) is 0.428. The van der Waals surface area contributed by atoms with Crippen LogP contribution in [0.5, 0.6) is 0 Å². The second-order valence-corrected chi connectivity index (χ2v) is 2.98. The average Bonchev–Trinajstić information content (AvgIpc) is 2.13. The second-order valence-electron chi connectivity index (χ2n) is 2.98. The standard InChI is InChI=1S/C10H9F3N2/c1-7(14)2-3-8-6-15-5-4-9(8)10(11,12)13/h4-7H,14H2,1H3. The Morgan fingerprint density at radius 1 is 1.47 bits per heavy atom. The van der Waals surface area contributed by atoms with Gasteiger partial charge < -0.3 is 5.73 Å². The predicted octanol–water partition coefficient (Wildman–Crippen LogP) is 1.80. The Kier molecular flexibility index (Phi) is 3.32. The van der Waals surface area contributed by atoms with E-state index in [9.17, 15) is 13.2 Å². The van der Waals surface area contributed by atoms with E-state index >= 15 is 0 Å². The molecule has 0 saturated heterocycles. The number of rotatable bonds is 0. The van der Waals surface area contributed by atoms with Crippen molar-refractivity contribution in [1.82, 2.24) is 4.98 Å². The third kappa shape index (κ3) is 3.26. The molecule has 2 N–H and O–H groups in total. The molecule has 1 heterocycles. The molecule has 1 atom stereocenters. The minimum Gasteiger partial charge on any atom is -0.318 e. The minimum absolute atomic E-state index is 0.151. The van der Waals surface area contributed by atoms with Crippen molar-refractivity contribution >= 4 is 0 Å². The lowest BCUT2D eigenvalue weighted by Gasteiger charge is -2.07. The van der Waals surface area contributed by atoms with Crippen LogP contribution in [0.25, 0.3) is 0 Å². The summed E-state index contributed by atoms with van der Waals surface area (Å²) in [7, 11) is 0. The summed E-state index contributed by atoms with van der Waals surface area (Å²) in [5, 5.41) is 0. The summed E-state index contributed by atoms with van der Waals surface area (Å²) in [4.78, 5) is 3.59. The van der Waals surface area contributed by atoms with Crippen LogP contribution in [0.1, 0.15) is 18.1 Å². The lowest BCUT2D eigenvalue weighted by molar-refractivity contribution is -0.137. The summed E-state index contributed by atoms with van der Waals surface area (Å²) >= 11 is 0. The van der Waals surface area contributed by atoms with Crippen LogP contribution in [-0.2, 0) is 6.18 Å². The summed E-state index contributed by atoms with van der Waals surface area (Å²) in [6.07, 6.45) is -2.25. The zero-order valence-electron chi connectivity index (χ0n) is 7.97. The third-order valence-electron chi connectivity index (χ3n) is 1.56. The normalized spacial score (nSPS) is 12.9. The smallest absolute Gasteiger partial charge is 0.318 e. The predicted molar refractivity (Wildman–Crippen MR) is 49.8 cm³/mol. The van der Waals surface area contributed by atoms with Crippen LogP contribution in [0.15, 0.2) is 18.5 Å². The van der Waals surface area contributed by atoms with Crippen molar-refractivity contribution < 1.29 is 13.2 Å². The fourth-order valence-electron chi connectivity index (χ4n) is 0.933. The number of nitrogens with zero attached hydrogens (tertiary/aromatic N) is 1. The Balaban J connectivity index is 3.15. The molecule has 1 rings (SSSR count). The largest absolute Gasteiger partial charge is 0.417 e. The molecule has 0 aliphatic heterocycles. The van der Waals surface area contributed by atoms with Crippen LogP contribution in [-0.4, -0.2) is 11.0 Å². The minimum atomic E-state index is -4.41. The van der Waals surface area contributed by atoms with Crippen LogP contribution in [0.2, 0.25) is 0 Å². The van der Waals surface area contributed by atoms with Crippen LogP contribution in [0.3, 0.4) is 0 Å². The van der Waals surface area contributed by atoms with E-state index in [1.807, 2.05) is 0 Å². The zero-order chi connectivity index (χ0) is 11.5. The van der Waals surface area contributed by atoms with E-state index in [1.165, 1.54) is 0 Å².